The van der Waals surface area contributed by atoms with Crippen LogP contribution in [-0.2, 0) is 6.42 Å². The van der Waals surface area contributed by atoms with Gasteiger partial charge in [0.1, 0.15) is 0 Å². The van der Waals surface area contributed by atoms with Gasteiger partial charge in [0.15, 0.2) is 0 Å². The minimum Gasteiger partial charge on any atom is -0.312 e. The summed E-state index contributed by atoms with van der Waals surface area (Å²) in [6.07, 6.45) is 1.08. The predicted octanol–water partition coefficient (Wildman–Crippen LogP) is 5.34. The normalized spacial score (nSPS) is 13.9. The van der Waals surface area contributed by atoms with Gasteiger partial charge in [0.2, 0.25) is 0 Å². The van der Waals surface area contributed by atoms with E-state index in [1.807, 2.05) is 30.9 Å². The number of thioether (sulfide) groups is 1. The smallest absolute Gasteiger partial charge is 0.0438 e. The molecule has 0 aromatic heterocycles. The molecule has 0 amide bonds. The van der Waals surface area contributed by atoms with E-state index in [2.05, 4.69) is 55.6 Å². The Balaban J connectivity index is 2.09. The highest BCUT2D eigenvalue weighted by Crippen LogP contribution is 2.32. The Morgan fingerprint density at radius 3 is 2.19 bits per heavy atom. The first-order valence-corrected chi connectivity index (χ1v) is 8.58. The number of halogens is 1. The second-order valence-corrected chi connectivity index (χ2v) is 7.03. The van der Waals surface area contributed by atoms with Gasteiger partial charge in [-0.3, -0.25) is 0 Å². The van der Waals surface area contributed by atoms with E-state index in [0.29, 0.717) is 11.3 Å². The Labute approximate surface area is 137 Å². The van der Waals surface area contributed by atoms with Crippen LogP contribution in [0.4, 0.5) is 0 Å². The van der Waals surface area contributed by atoms with Gasteiger partial charge in [0, 0.05) is 21.2 Å². The Morgan fingerprint density at radius 1 is 1.05 bits per heavy atom. The van der Waals surface area contributed by atoms with Crippen molar-refractivity contribution in [1.29, 1.82) is 0 Å². The standard InChI is InChI=1S/C18H22ClNS/c1-4-14-5-7-15(8-6-14)18(20-3)13(2)21-17-11-9-16(19)10-12-17/h5-13,18,20H,4H2,1-3H3. The fourth-order valence-corrected chi connectivity index (χ4v) is 3.71. The monoisotopic (exact) mass is 319 g/mol. The lowest BCUT2D eigenvalue weighted by atomic mass is 10.0. The van der Waals surface area contributed by atoms with Gasteiger partial charge in [-0.05, 0) is 48.9 Å². The van der Waals surface area contributed by atoms with Gasteiger partial charge in [-0.2, -0.15) is 0 Å². The molecule has 0 bridgehead atoms. The number of benzene rings is 2. The van der Waals surface area contributed by atoms with Crippen LogP contribution in [0, 0.1) is 0 Å². The van der Waals surface area contributed by atoms with Gasteiger partial charge in [-0.1, -0.05) is 49.7 Å². The SMILES string of the molecule is CCc1ccc(C(NC)C(C)Sc2ccc(Cl)cc2)cc1. The van der Waals surface area contributed by atoms with E-state index in [4.69, 9.17) is 11.6 Å². The lowest BCUT2D eigenvalue weighted by molar-refractivity contribution is 0.589. The van der Waals surface area contributed by atoms with Crippen LogP contribution < -0.4 is 5.32 Å². The van der Waals surface area contributed by atoms with Crippen molar-refractivity contribution in [2.45, 2.75) is 36.5 Å². The molecule has 0 radical (unpaired) electrons. The zero-order valence-corrected chi connectivity index (χ0v) is 14.3. The predicted molar refractivity (Wildman–Crippen MR) is 94.4 cm³/mol. The summed E-state index contributed by atoms with van der Waals surface area (Å²) in [6, 6.07) is 17.3. The van der Waals surface area contributed by atoms with E-state index < -0.39 is 0 Å². The average Bonchev–Trinajstić information content (AvgIpc) is 2.51. The van der Waals surface area contributed by atoms with Crippen LogP contribution in [0.2, 0.25) is 5.02 Å². The Hall–Kier alpha value is -0.960. The minimum absolute atomic E-state index is 0.330. The third-order valence-electron chi connectivity index (χ3n) is 3.66. The van der Waals surface area contributed by atoms with Crippen molar-refractivity contribution in [3.8, 4) is 0 Å². The van der Waals surface area contributed by atoms with Gasteiger partial charge < -0.3 is 5.32 Å². The van der Waals surface area contributed by atoms with Gasteiger partial charge in [0.05, 0.1) is 0 Å². The molecule has 2 aromatic carbocycles. The van der Waals surface area contributed by atoms with Crippen LogP contribution in [0.5, 0.6) is 0 Å². The zero-order chi connectivity index (χ0) is 15.2. The molecule has 0 aliphatic carbocycles. The summed E-state index contributed by atoms with van der Waals surface area (Å²) >= 11 is 7.81. The molecule has 0 aliphatic rings. The van der Waals surface area contributed by atoms with Gasteiger partial charge in [0.25, 0.3) is 0 Å². The van der Waals surface area contributed by atoms with Crippen molar-refractivity contribution in [3.05, 3.63) is 64.7 Å². The van der Waals surface area contributed by atoms with E-state index >= 15 is 0 Å². The summed E-state index contributed by atoms with van der Waals surface area (Å²) in [5, 5.41) is 4.66. The molecule has 1 N–H and O–H groups in total. The largest absolute Gasteiger partial charge is 0.312 e. The highest BCUT2D eigenvalue weighted by atomic mass is 35.5. The van der Waals surface area contributed by atoms with Crippen molar-refractivity contribution in [1.82, 2.24) is 5.32 Å². The van der Waals surface area contributed by atoms with Crippen LogP contribution in [0.15, 0.2) is 53.4 Å². The molecule has 2 unspecified atom stereocenters. The maximum atomic E-state index is 5.94. The molecule has 2 atom stereocenters. The maximum absolute atomic E-state index is 5.94. The summed E-state index contributed by atoms with van der Waals surface area (Å²) in [7, 11) is 2.03. The van der Waals surface area contributed by atoms with Crippen molar-refractivity contribution >= 4 is 23.4 Å². The summed E-state index contributed by atoms with van der Waals surface area (Å²) in [5.41, 5.74) is 2.72. The number of rotatable bonds is 6. The molecule has 1 nitrogen and oxygen atoms in total. The topological polar surface area (TPSA) is 12.0 Å². The van der Waals surface area contributed by atoms with Crippen LogP contribution in [-0.4, -0.2) is 12.3 Å². The number of hydrogen-bond donors (Lipinski definition) is 1. The molecular formula is C18H22ClNS. The molecule has 0 aliphatic heterocycles. The third kappa shape index (κ3) is 4.50. The average molecular weight is 320 g/mol. The summed E-state index contributed by atoms with van der Waals surface area (Å²) in [4.78, 5) is 1.25. The zero-order valence-electron chi connectivity index (χ0n) is 12.8. The van der Waals surface area contributed by atoms with Crippen LogP contribution in [0.3, 0.4) is 0 Å². The quantitative estimate of drug-likeness (QED) is 0.721. The fourth-order valence-electron chi connectivity index (χ4n) is 2.43. The van der Waals surface area contributed by atoms with Gasteiger partial charge in [-0.15, -0.1) is 11.8 Å². The molecule has 0 saturated carbocycles. The van der Waals surface area contributed by atoms with Gasteiger partial charge >= 0.3 is 0 Å². The maximum Gasteiger partial charge on any atom is 0.0438 e. The molecule has 0 saturated heterocycles. The van der Waals surface area contributed by atoms with Crippen LogP contribution >= 0.6 is 23.4 Å². The molecule has 0 heterocycles. The minimum atomic E-state index is 0.330. The van der Waals surface area contributed by atoms with E-state index in [1.165, 1.54) is 16.0 Å². The lowest BCUT2D eigenvalue weighted by Gasteiger charge is -2.24. The second kappa shape index (κ2) is 7.88. The van der Waals surface area contributed by atoms with E-state index in [-0.39, 0.29) is 0 Å². The first kappa shape index (κ1) is 16.4. The molecular weight excluding hydrogens is 298 g/mol. The molecule has 2 rings (SSSR count). The van der Waals surface area contributed by atoms with Crippen molar-refractivity contribution in [2.24, 2.45) is 0 Å². The van der Waals surface area contributed by atoms with Crippen LogP contribution in [0.1, 0.15) is 31.0 Å². The van der Waals surface area contributed by atoms with E-state index in [9.17, 15) is 0 Å². The van der Waals surface area contributed by atoms with Crippen molar-refractivity contribution in [2.75, 3.05) is 7.05 Å². The first-order valence-electron chi connectivity index (χ1n) is 7.32. The fraction of sp³-hybridized carbons (Fsp3) is 0.333. The second-order valence-electron chi connectivity index (χ2n) is 5.14. The summed E-state index contributed by atoms with van der Waals surface area (Å²) in [6.45, 7) is 4.44. The number of nitrogens with one attached hydrogen (secondary N) is 1. The molecule has 21 heavy (non-hydrogen) atoms. The molecule has 0 fully saturated rings. The lowest BCUT2D eigenvalue weighted by Crippen LogP contribution is -2.25. The van der Waals surface area contributed by atoms with E-state index in [0.717, 1.165) is 11.4 Å². The Kier molecular flexibility index (Phi) is 6.16. The third-order valence-corrected chi connectivity index (χ3v) is 5.10. The van der Waals surface area contributed by atoms with Crippen molar-refractivity contribution in [3.63, 3.8) is 0 Å². The highest BCUT2D eigenvalue weighted by Gasteiger charge is 2.18. The van der Waals surface area contributed by atoms with Crippen LogP contribution in [0.25, 0.3) is 0 Å². The Bertz CT molecular complexity index is 550. The number of aryl methyl sites for hydroxylation is 1. The highest BCUT2D eigenvalue weighted by molar-refractivity contribution is 8.00. The van der Waals surface area contributed by atoms with E-state index in [1.54, 1.807) is 0 Å². The Morgan fingerprint density at radius 2 is 1.67 bits per heavy atom. The first-order chi connectivity index (χ1) is 10.1. The van der Waals surface area contributed by atoms with Crippen molar-refractivity contribution < 1.29 is 0 Å². The molecule has 0 spiro atoms. The molecule has 3 heteroatoms. The molecule has 112 valence electrons. The molecule has 2 aromatic rings. The summed E-state index contributed by atoms with van der Waals surface area (Å²) in [5.74, 6) is 0. The van der Waals surface area contributed by atoms with Gasteiger partial charge in [-0.25, -0.2) is 0 Å². The summed E-state index contributed by atoms with van der Waals surface area (Å²) < 4.78 is 0. The number of hydrogen-bond acceptors (Lipinski definition) is 2.